The molecule has 1 N–H and O–H groups in total. The van der Waals surface area contributed by atoms with Crippen LogP contribution in [0, 0.1) is 0 Å². The van der Waals surface area contributed by atoms with Crippen LogP contribution in [0.3, 0.4) is 0 Å². The van der Waals surface area contributed by atoms with Gasteiger partial charge in [0.2, 0.25) is 0 Å². The lowest BCUT2D eigenvalue weighted by atomic mass is 10.2. The van der Waals surface area contributed by atoms with Crippen LogP contribution in [0.4, 0.5) is 5.69 Å². The van der Waals surface area contributed by atoms with Crippen LogP contribution >= 0.6 is 0 Å². The minimum absolute atomic E-state index is 0.343. The van der Waals surface area contributed by atoms with E-state index >= 15 is 0 Å². The van der Waals surface area contributed by atoms with Crippen molar-refractivity contribution in [3.8, 4) is 0 Å². The summed E-state index contributed by atoms with van der Waals surface area (Å²) in [6.45, 7) is 8.88. The van der Waals surface area contributed by atoms with Crippen LogP contribution in [0.1, 0.15) is 51.8 Å². The van der Waals surface area contributed by atoms with Crippen molar-refractivity contribution >= 4 is 5.69 Å². The molecule has 0 bridgehead atoms. The van der Waals surface area contributed by atoms with E-state index < -0.39 is 0 Å². The van der Waals surface area contributed by atoms with Gasteiger partial charge in [0.1, 0.15) is 0 Å². The molecule has 18 heavy (non-hydrogen) atoms. The summed E-state index contributed by atoms with van der Waals surface area (Å²) in [5, 5.41) is 3.47. The summed E-state index contributed by atoms with van der Waals surface area (Å²) in [7, 11) is 0. The average Bonchev–Trinajstić information content (AvgIpc) is 2.82. The molecule has 1 aromatic heterocycles. The summed E-state index contributed by atoms with van der Waals surface area (Å²) in [6, 6.07) is 5.38. The Kier molecular flexibility index (Phi) is 4.59. The number of hydrogen-bond acceptors (Lipinski definition) is 3. The second-order valence-corrected chi connectivity index (χ2v) is 5.30. The third-order valence-corrected chi connectivity index (χ3v) is 3.80. The maximum Gasteiger partial charge on any atom is 0.0572 e. The quantitative estimate of drug-likeness (QED) is 0.866. The molecule has 0 aliphatic carbocycles. The molecule has 2 heterocycles. The van der Waals surface area contributed by atoms with Gasteiger partial charge in [0, 0.05) is 18.6 Å². The molecule has 0 radical (unpaired) electrons. The van der Waals surface area contributed by atoms with E-state index in [2.05, 4.69) is 48.1 Å². The highest BCUT2D eigenvalue weighted by molar-refractivity contribution is 5.46. The fraction of sp³-hybridized carbons (Fsp3) is 0.667. The summed E-state index contributed by atoms with van der Waals surface area (Å²) < 4.78 is 0. The lowest BCUT2D eigenvalue weighted by Crippen LogP contribution is -2.26. The third kappa shape index (κ3) is 3.02. The van der Waals surface area contributed by atoms with Crippen molar-refractivity contribution in [3.63, 3.8) is 0 Å². The average molecular weight is 247 g/mol. The Bertz CT molecular complexity index is 361. The Hall–Kier alpha value is -1.09. The van der Waals surface area contributed by atoms with Crippen molar-refractivity contribution in [2.75, 3.05) is 18.0 Å². The Balaban J connectivity index is 2.00. The van der Waals surface area contributed by atoms with Gasteiger partial charge in [-0.25, -0.2) is 0 Å². The van der Waals surface area contributed by atoms with E-state index in [0.717, 1.165) is 18.7 Å². The lowest BCUT2D eigenvalue weighted by Gasteiger charge is -2.24. The lowest BCUT2D eigenvalue weighted by molar-refractivity contribution is 0.558. The fourth-order valence-corrected chi connectivity index (χ4v) is 2.61. The fourth-order valence-electron chi connectivity index (χ4n) is 2.61. The molecule has 2 rings (SSSR count). The molecule has 0 spiro atoms. The Morgan fingerprint density at radius 1 is 1.50 bits per heavy atom. The molecule has 1 aliphatic rings. The minimum atomic E-state index is 0.343. The van der Waals surface area contributed by atoms with Crippen molar-refractivity contribution in [1.82, 2.24) is 10.3 Å². The van der Waals surface area contributed by atoms with Crippen LogP contribution in [0.5, 0.6) is 0 Å². The number of anilines is 1. The number of nitrogens with zero attached hydrogens (tertiary/aromatic N) is 2. The second-order valence-electron chi connectivity index (χ2n) is 5.30. The van der Waals surface area contributed by atoms with Crippen molar-refractivity contribution in [2.45, 2.75) is 52.1 Å². The van der Waals surface area contributed by atoms with Gasteiger partial charge in [-0.3, -0.25) is 4.98 Å². The molecule has 1 saturated heterocycles. The summed E-state index contributed by atoms with van der Waals surface area (Å²) in [5.41, 5.74) is 2.41. The van der Waals surface area contributed by atoms with Gasteiger partial charge in [-0.05, 0) is 51.8 Å². The van der Waals surface area contributed by atoms with Crippen molar-refractivity contribution < 1.29 is 0 Å². The molecule has 0 saturated carbocycles. The molecule has 0 aromatic carbocycles. The second kappa shape index (κ2) is 6.19. The highest BCUT2D eigenvalue weighted by Gasteiger charge is 2.20. The number of rotatable bonds is 5. The predicted molar refractivity (Wildman–Crippen MR) is 77.0 cm³/mol. The molecule has 1 aliphatic heterocycles. The molecule has 2 atom stereocenters. The summed E-state index contributed by atoms with van der Waals surface area (Å²) in [5.74, 6) is 0. The number of hydrogen-bond donors (Lipinski definition) is 1. The van der Waals surface area contributed by atoms with Gasteiger partial charge in [0.15, 0.2) is 0 Å². The largest absolute Gasteiger partial charge is 0.368 e. The normalized spacial score (nSPS) is 21.3. The summed E-state index contributed by atoms with van der Waals surface area (Å²) in [4.78, 5) is 7.07. The molecule has 1 fully saturated rings. The number of nitrogens with one attached hydrogen (secondary N) is 1. The van der Waals surface area contributed by atoms with E-state index in [1.54, 1.807) is 0 Å². The van der Waals surface area contributed by atoms with E-state index in [-0.39, 0.29) is 0 Å². The van der Waals surface area contributed by atoms with E-state index in [4.69, 9.17) is 0 Å². The van der Waals surface area contributed by atoms with E-state index in [9.17, 15) is 0 Å². The molecule has 3 heteroatoms. The highest BCUT2D eigenvalue weighted by atomic mass is 15.2. The first kappa shape index (κ1) is 13.3. The van der Waals surface area contributed by atoms with Crippen LogP contribution in [0.2, 0.25) is 0 Å². The van der Waals surface area contributed by atoms with Crippen molar-refractivity contribution in [1.29, 1.82) is 0 Å². The molecule has 1 aromatic rings. The van der Waals surface area contributed by atoms with Crippen LogP contribution in [-0.2, 0) is 0 Å². The maximum absolute atomic E-state index is 4.61. The van der Waals surface area contributed by atoms with Crippen LogP contribution in [-0.4, -0.2) is 24.1 Å². The van der Waals surface area contributed by atoms with Gasteiger partial charge >= 0.3 is 0 Å². The Morgan fingerprint density at radius 2 is 2.33 bits per heavy atom. The smallest absolute Gasteiger partial charge is 0.0572 e. The number of pyridine rings is 1. The zero-order chi connectivity index (χ0) is 13.0. The predicted octanol–water partition coefficient (Wildman–Crippen LogP) is 3.13. The van der Waals surface area contributed by atoms with Crippen LogP contribution in [0.15, 0.2) is 18.3 Å². The van der Waals surface area contributed by atoms with E-state index in [1.807, 2.05) is 6.20 Å². The zero-order valence-corrected chi connectivity index (χ0v) is 11.8. The maximum atomic E-state index is 4.61. The first-order chi connectivity index (χ1) is 8.72. The third-order valence-electron chi connectivity index (χ3n) is 3.80. The molecular formula is C15H25N3. The summed E-state index contributed by atoms with van der Waals surface area (Å²) in [6.07, 6.45) is 5.79. The molecular weight excluding hydrogens is 222 g/mol. The van der Waals surface area contributed by atoms with Crippen LogP contribution < -0.4 is 10.2 Å². The zero-order valence-electron chi connectivity index (χ0n) is 11.8. The van der Waals surface area contributed by atoms with Gasteiger partial charge < -0.3 is 10.2 Å². The number of aromatic nitrogens is 1. The monoisotopic (exact) mass is 247 g/mol. The Morgan fingerprint density at radius 3 is 2.89 bits per heavy atom. The molecule has 0 amide bonds. The first-order valence-electron chi connectivity index (χ1n) is 7.18. The van der Waals surface area contributed by atoms with Gasteiger partial charge in [-0.1, -0.05) is 6.92 Å². The van der Waals surface area contributed by atoms with Crippen molar-refractivity contribution in [2.24, 2.45) is 0 Å². The molecule has 100 valence electrons. The first-order valence-corrected chi connectivity index (χ1v) is 7.18. The highest BCUT2D eigenvalue weighted by Crippen LogP contribution is 2.25. The Labute approximate surface area is 111 Å². The van der Waals surface area contributed by atoms with Gasteiger partial charge in [0.05, 0.1) is 17.6 Å². The van der Waals surface area contributed by atoms with Crippen LogP contribution in [0.25, 0.3) is 0 Å². The van der Waals surface area contributed by atoms with E-state index in [0.29, 0.717) is 12.1 Å². The SMILES string of the molecule is CCCNC(C)c1ccc(N2CCCC2C)cn1. The summed E-state index contributed by atoms with van der Waals surface area (Å²) >= 11 is 0. The van der Waals surface area contributed by atoms with Crippen molar-refractivity contribution in [3.05, 3.63) is 24.0 Å². The minimum Gasteiger partial charge on any atom is -0.368 e. The van der Waals surface area contributed by atoms with Gasteiger partial charge in [-0.15, -0.1) is 0 Å². The van der Waals surface area contributed by atoms with Gasteiger partial charge in [-0.2, -0.15) is 0 Å². The standard InChI is InChI=1S/C15H25N3/c1-4-9-16-13(3)15-8-7-14(11-17-15)18-10-5-6-12(18)2/h7-8,11-13,16H,4-6,9-10H2,1-3H3. The van der Waals surface area contributed by atoms with Gasteiger partial charge in [0.25, 0.3) is 0 Å². The molecule has 3 nitrogen and oxygen atoms in total. The topological polar surface area (TPSA) is 28.2 Å². The molecule has 2 unspecified atom stereocenters. The van der Waals surface area contributed by atoms with E-state index in [1.165, 1.54) is 25.1 Å².